The van der Waals surface area contributed by atoms with Gasteiger partial charge >= 0.3 is 0 Å². The SMILES string of the molecule is NCCc1ccc(S(=O)(=O)NCCc2ccccc2)s1. The number of nitrogens with two attached hydrogens (primary N) is 1. The molecule has 0 atom stereocenters. The van der Waals surface area contributed by atoms with E-state index in [0.717, 1.165) is 10.4 Å². The third kappa shape index (κ3) is 4.14. The molecule has 0 unspecified atom stereocenters. The summed E-state index contributed by atoms with van der Waals surface area (Å²) in [4.78, 5) is 0.996. The fourth-order valence-corrected chi connectivity index (χ4v) is 4.27. The molecular formula is C14H18N2O2S2. The Bertz CT molecular complexity index is 636. The molecule has 0 aliphatic rings. The van der Waals surface area contributed by atoms with Crippen molar-refractivity contribution in [3.8, 4) is 0 Å². The van der Waals surface area contributed by atoms with Crippen LogP contribution < -0.4 is 10.5 Å². The first-order valence-electron chi connectivity index (χ1n) is 6.44. The average molecular weight is 310 g/mol. The molecule has 2 aromatic rings. The number of nitrogens with one attached hydrogen (secondary N) is 1. The second kappa shape index (κ2) is 6.99. The monoisotopic (exact) mass is 310 g/mol. The van der Waals surface area contributed by atoms with Crippen LogP contribution in [0.15, 0.2) is 46.7 Å². The van der Waals surface area contributed by atoms with E-state index in [2.05, 4.69) is 4.72 Å². The number of rotatable bonds is 7. The summed E-state index contributed by atoms with van der Waals surface area (Å²) in [7, 11) is -3.40. The summed E-state index contributed by atoms with van der Waals surface area (Å²) in [5, 5.41) is 0. The van der Waals surface area contributed by atoms with Crippen molar-refractivity contribution < 1.29 is 8.42 Å². The van der Waals surface area contributed by atoms with Gasteiger partial charge in [0, 0.05) is 11.4 Å². The van der Waals surface area contributed by atoms with Crippen molar-refractivity contribution in [2.75, 3.05) is 13.1 Å². The van der Waals surface area contributed by atoms with Gasteiger partial charge in [-0.05, 0) is 37.1 Å². The summed E-state index contributed by atoms with van der Waals surface area (Å²) in [6, 6.07) is 13.3. The van der Waals surface area contributed by atoms with E-state index in [1.165, 1.54) is 11.3 Å². The smallest absolute Gasteiger partial charge is 0.250 e. The third-order valence-corrected chi connectivity index (χ3v) is 5.94. The second-order valence-electron chi connectivity index (χ2n) is 4.39. The number of hydrogen-bond donors (Lipinski definition) is 2. The molecule has 0 fully saturated rings. The molecule has 6 heteroatoms. The Balaban J connectivity index is 1.93. The Kier molecular flexibility index (Phi) is 5.31. The molecule has 1 heterocycles. The Hall–Kier alpha value is -1.21. The Morgan fingerprint density at radius 2 is 1.80 bits per heavy atom. The number of hydrogen-bond acceptors (Lipinski definition) is 4. The lowest BCUT2D eigenvalue weighted by atomic mass is 10.2. The summed E-state index contributed by atoms with van der Waals surface area (Å²) in [5.74, 6) is 0. The van der Waals surface area contributed by atoms with E-state index in [1.54, 1.807) is 6.07 Å². The van der Waals surface area contributed by atoms with E-state index in [0.29, 0.717) is 30.1 Å². The van der Waals surface area contributed by atoms with Gasteiger partial charge in [0.15, 0.2) is 0 Å². The van der Waals surface area contributed by atoms with Crippen LogP contribution in [0.5, 0.6) is 0 Å². The molecule has 4 nitrogen and oxygen atoms in total. The van der Waals surface area contributed by atoms with Crippen molar-refractivity contribution in [3.63, 3.8) is 0 Å². The lowest BCUT2D eigenvalue weighted by Gasteiger charge is -2.04. The minimum absolute atomic E-state index is 0.356. The maximum Gasteiger partial charge on any atom is 0.250 e. The van der Waals surface area contributed by atoms with E-state index in [9.17, 15) is 8.42 Å². The van der Waals surface area contributed by atoms with Gasteiger partial charge in [-0.25, -0.2) is 13.1 Å². The first-order chi connectivity index (χ1) is 9.62. The molecule has 0 saturated carbocycles. The number of thiophene rings is 1. The Labute approximate surface area is 123 Å². The molecule has 0 spiro atoms. The lowest BCUT2D eigenvalue weighted by Crippen LogP contribution is -2.25. The molecule has 0 aliphatic heterocycles. The van der Waals surface area contributed by atoms with Crippen LogP contribution in [0.25, 0.3) is 0 Å². The van der Waals surface area contributed by atoms with Crippen LogP contribution in [0.4, 0.5) is 0 Å². The molecule has 0 aliphatic carbocycles. The topological polar surface area (TPSA) is 72.2 Å². The van der Waals surface area contributed by atoms with Gasteiger partial charge in [-0.3, -0.25) is 0 Å². The number of benzene rings is 1. The normalized spacial score (nSPS) is 11.7. The van der Waals surface area contributed by atoms with Crippen molar-refractivity contribution in [2.45, 2.75) is 17.1 Å². The summed E-state index contributed by atoms with van der Waals surface area (Å²) in [5.41, 5.74) is 6.58. The van der Waals surface area contributed by atoms with E-state index in [1.807, 2.05) is 36.4 Å². The van der Waals surface area contributed by atoms with Crippen molar-refractivity contribution in [1.82, 2.24) is 4.72 Å². The summed E-state index contributed by atoms with van der Waals surface area (Å²) < 4.78 is 27.2. The van der Waals surface area contributed by atoms with Gasteiger partial charge in [-0.2, -0.15) is 0 Å². The highest BCUT2D eigenvalue weighted by Crippen LogP contribution is 2.21. The van der Waals surface area contributed by atoms with Gasteiger partial charge in [0.2, 0.25) is 10.0 Å². The van der Waals surface area contributed by atoms with Gasteiger partial charge in [0.05, 0.1) is 0 Å². The molecule has 0 radical (unpaired) electrons. The highest BCUT2D eigenvalue weighted by atomic mass is 32.2. The van der Waals surface area contributed by atoms with Gasteiger partial charge in [0.25, 0.3) is 0 Å². The van der Waals surface area contributed by atoms with Crippen molar-refractivity contribution >= 4 is 21.4 Å². The zero-order chi connectivity index (χ0) is 14.4. The molecule has 1 aromatic carbocycles. The van der Waals surface area contributed by atoms with Crippen LogP contribution in [-0.4, -0.2) is 21.5 Å². The summed E-state index contributed by atoms with van der Waals surface area (Å²) in [6.45, 7) is 0.928. The maximum absolute atomic E-state index is 12.1. The van der Waals surface area contributed by atoms with E-state index >= 15 is 0 Å². The van der Waals surface area contributed by atoms with E-state index in [-0.39, 0.29) is 0 Å². The molecule has 3 N–H and O–H groups in total. The van der Waals surface area contributed by atoms with Gasteiger partial charge in [0.1, 0.15) is 4.21 Å². The fourth-order valence-electron chi connectivity index (χ4n) is 1.82. The van der Waals surface area contributed by atoms with Crippen molar-refractivity contribution in [1.29, 1.82) is 0 Å². The minimum atomic E-state index is -3.40. The second-order valence-corrected chi connectivity index (χ2v) is 7.55. The molecule has 1 aromatic heterocycles. The Morgan fingerprint density at radius 1 is 1.05 bits per heavy atom. The largest absolute Gasteiger partial charge is 0.330 e. The molecule has 20 heavy (non-hydrogen) atoms. The Morgan fingerprint density at radius 3 is 2.50 bits per heavy atom. The fraction of sp³-hybridized carbons (Fsp3) is 0.286. The maximum atomic E-state index is 12.1. The zero-order valence-corrected chi connectivity index (χ0v) is 12.7. The van der Waals surface area contributed by atoms with Crippen LogP contribution in [0.3, 0.4) is 0 Å². The summed E-state index contributed by atoms with van der Waals surface area (Å²) >= 11 is 1.28. The highest BCUT2D eigenvalue weighted by molar-refractivity contribution is 7.91. The number of sulfonamides is 1. The van der Waals surface area contributed by atoms with Crippen LogP contribution in [0.2, 0.25) is 0 Å². The summed E-state index contributed by atoms with van der Waals surface area (Å²) in [6.07, 6.45) is 1.39. The molecule has 0 saturated heterocycles. The molecule has 2 rings (SSSR count). The molecule has 0 amide bonds. The first kappa shape index (κ1) is 15.2. The van der Waals surface area contributed by atoms with E-state index < -0.39 is 10.0 Å². The van der Waals surface area contributed by atoms with Gasteiger partial charge in [-0.1, -0.05) is 30.3 Å². The van der Waals surface area contributed by atoms with Crippen LogP contribution in [-0.2, 0) is 22.9 Å². The predicted octanol–water partition coefficient (Wildman–Crippen LogP) is 1.77. The first-order valence-corrected chi connectivity index (χ1v) is 8.74. The predicted molar refractivity (Wildman–Crippen MR) is 82.4 cm³/mol. The van der Waals surface area contributed by atoms with E-state index in [4.69, 9.17) is 5.73 Å². The van der Waals surface area contributed by atoms with Crippen LogP contribution >= 0.6 is 11.3 Å². The quantitative estimate of drug-likeness (QED) is 0.818. The molecule has 0 bridgehead atoms. The lowest BCUT2D eigenvalue weighted by molar-refractivity contribution is 0.584. The van der Waals surface area contributed by atoms with Crippen LogP contribution in [0, 0.1) is 0 Å². The van der Waals surface area contributed by atoms with Gasteiger partial charge < -0.3 is 5.73 Å². The van der Waals surface area contributed by atoms with Crippen molar-refractivity contribution in [3.05, 3.63) is 52.9 Å². The average Bonchev–Trinajstić information content (AvgIpc) is 2.90. The van der Waals surface area contributed by atoms with Gasteiger partial charge in [-0.15, -0.1) is 11.3 Å². The molecule has 108 valence electrons. The minimum Gasteiger partial charge on any atom is -0.330 e. The standard InChI is InChI=1S/C14H18N2O2S2/c15-10-8-13-6-7-14(19-13)20(17,18)16-11-9-12-4-2-1-3-5-12/h1-7,16H,8-11,15H2. The zero-order valence-electron chi connectivity index (χ0n) is 11.1. The molecular weight excluding hydrogens is 292 g/mol. The van der Waals surface area contributed by atoms with Crippen LogP contribution in [0.1, 0.15) is 10.4 Å². The highest BCUT2D eigenvalue weighted by Gasteiger charge is 2.15. The van der Waals surface area contributed by atoms with Crippen molar-refractivity contribution in [2.24, 2.45) is 5.73 Å². The third-order valence-electron chi connectivity index (χ3n) is 2.84.